The number of nitrogens with one attached hydrogen (secondary N) is 1. The highest BCUT2D eigenvalue weighted by atomic mass is 16.5. The van der Waals surface area contributed by atoms with E-state index in [9.17, 15) is 0 Å². The molecule has 0 radical (unpaired) electrons. The van der Waals surface area contributed by atoms with Crippen molar-refractivity contribution in [3.8, 4) is 5.75 Å². The van der Waals surface area contributed by atoms with Crippen molar-refractivity contribution in [2.45, 2.75) is 25.8 Å². The van der Waals surface area contributed by atoms with Gasteiger partial charge in [-0.3, -0.25) is 0 Å². The maximum atomic E-state index is 5.84. The number of hydrogen-bond donors (Lipinski definition) is 2. The Labute approximate surface area is 102 Å². The summed E-state index contributed by atoms with van der Waals surface area (Å²) in [6.07, 6.45) is 1.02. The Morgan fingerprint density at radius 1 is 1.53 bits per heavy atom. The fourth-order valence-electron chi connectivity index (χ4n) is 2.01. The molecule has 1 unspecified atom stereocenters. The van der Waals surface area contributed by atoms with Crippen LogP contribution >= 0.6 is 0 Å². The molecule has 1 atom stereocenters. The van der Waals surface area contributed by atoms with Crippen molar-refractivity contribution in [1.82, 2.24) is 0 Å². The van der Waals surface area contributed by atoms with Crippen molar-refractivity contribution in [1.29, 1.82) is 0 Å². The van der Waals surface area contributed by atoms with Crippen LogP contribution in [0.15, 0.2) is 18.2 Å². The number of nitrogen functional groups attached to an aromatic ring is 1. The molecular weight excluding hydrogens is 216 g/mol. The minimum Gasteiger partial charge on any atom is -0.492 e. The molecule has 1 aromatic carbocycles. The van der Waals surface area contributed by atoms with Crippen molar-refractivity contribution >= 4 is 11.4 Å². The molecule has 1 fully saturated rings. The van der Waals surface area contributed by atoms with Gasteiger partial charge in [-0.2, -0.15) is 0 Å². The van der Waals surface area contributed by atoms with Gasteiger partial charge in [0.15, 0.2) is 0 Å². The first-order valence-electron chi connectivity index (χ1n) is 6.01. The number of ether oxygens (including phenoxy) is 2. The summed E-state index contributed by atoms with van der Waals surface area (Å²) in [5.41, 5.74) is 7.55. The second kappa shape index (κ2) is 4.84. The topological polar surface area (TPSA) is 56.5 Å². The summed E-state index contributed by atoms with van der Waals surface area (Å²) < 4.78 is 10.9. The number of rotatable bonds is 4. The Kier molecular flexibility index (Phi) is 3.43. The zero-order valence-corrected chi connectivity index (χ0v) is 10.5. The standard InChI is InChI=1S/C13H20N2O2/c1-3-17-12-8-10(4-5-11(12)14)15-13(2)6-7-16-9-13/h4-5,8,15H,3,6-7,9,14H2,1-2H3. The first-order chi connectivity index (χ1) is 8.13. The summed E-state index contributed by atoms with van der Waals surface area (Å²) in [5.74, 6) is 0.736. The fourth-order valence-corrected chi connectivity index (χ4v) is 2.01. The van der Waals surface area contributed by atoms with Crippen LogP contribution in [0.1, 0.15) is 20.3 Å². The lowest BCUT2D eigenvalue weighted by atomic mass is 10.0. The molecule has 0 aliphatic carbocycles. The van der Waals surface area contributed by atoms with E-state index < -0.39 is 0 Å². The molecule has 0 bridgehead atoms. The highest BCUT2D eigenvalue weighted by Crippen LogP contribution is 2.29. The van der Waals surface area contributed by atoms with Crippen LogP contribution < -0.4 is 15.8 Å². The maximum Gasteiger partial charge on any atom is 0.144 e. The highest BCUT2D eigenvalue weighted by molar-refractivity contribution is 5.62. The summed E-state index contributed by atoms with van der Waals surface area (Å²) in [4.78, 5) is 0. The molecule has 3 N–H and O–H groups in total. The van der Waals surface area contributed by atoms with E-state index in [0.29, 0.717) is 12.3 Å². The normalized spacial score (nSPS) is 23.6. The summed E-state index contributed by atoms with van der Waals surface area (Å²) in [5, 5.41) is 3.48. The van der Waals surface area contributed by atoms with Gasteiger partial charge in [-0.25, -0.2) is 0 Å². The molecule has 1 aliphatic rings. The van der Waals surface area contributed by atoms with Crippen molar-refractivity contribution in [3.05, 3.63) is 18.2 Å². The monoisotopic (exact) mass is 236 g/mol. The third-order valence-corrected chi connectivity index (χ3v) is 2.98. The Balaban J connectivity index is 2.13. The lowest BCUT2D eigenvalue weighted by molar-refractivity contribution is 0.185. The highest BCUT2D eigenvalue weighted by Gasteiger charge is 2.29. The van der Waals surface area contributed by atoms with Crippen LogP contribution in [0.3, 0.4) is 0 Å². The fraction of sp³-hybridized carbons (Fsp3) is 0.538. The van der Waals surface area contributed by atoms with Crippen LogP contribution in [0.4, 0.5) is 11.4 Å². The molecule has 1 saturated heterocycles. The van der Waals surface area contributed by atoms with Crippen molar-refractivity contribution in [2.24, 2.45) is 0 Å². The molecule has 0 amide bonds. The Bertz CT molecular complexity index is 387. The quantitative estimate of drug-likeness (QED) is 0.787. The van der Waals surface area contributed by atoms with Crippen molar-refractivity contribution in [3.63, 3.8) is 0 Å². The number of anilines is 2. The average molecular weight is 236 g/mol. The average Bonchev–Trinajstić information content (AvgIpc) is 2.70. The van der Waals surface area contributed by atoms with E-state index in [1.54, 1.807) is 0 Å². The maximum absolute atomic E-state index is 5.84. The van der Waals surface area contributed by atoms with E-state index in [4.69, 9.17) is 15.2 Å². The molecule has 4 nitrogen and oxygen atoms in total. The van der Waals surface area contributed by atoms with Crippen LogP contribution in [0.25, 0.3) is 0 Å². The molecule has 94 valence electrons. The zero-order chi connectivity index (χ0) is 12.3. The summed E-state index contributed by atoms with van der Waals surface area (Å²) >= 11 is 0. The van der Waals surface area contributed by atoms with Crippen molar-refractivity contribution in [2.75, 3.05) is 30.9 Å². The van der Waals surface area contributed by atoms with Gasteiger partial charge in [-0.1, -0.05) is 0 Å². The lowest BCUT2D eigenvalue weighted by Crippen LogP contribution is -2.34. The van der Waals surface area contributed by atoms with E-state index >= 15 is 0 Å². The zero-order valence-electron chi connectivity index (χ0n) is 10.5. The smallest absolute Gasteiger partial charge is 0.144 e. The first-order valence-corrected chi connectivity index (χ1v) is 6.01. The van der Waals surface area contributed by atoms with Gasteiger partial charge in [-0.05, 0) is 32.4 Å². The minimum absolute atomic E-state index is 0.0135. The first kappa shape index (κ1) is 12.0. The molecule has 1 heterocycles. The summed E-state index contributed by atoms with van der Waals surface area (Å²) in [7, 11) is 0. The van der Waals surface area contributed by atoms with Gasteiger partial charge in [0.05, 0.1) is 24.4 Å². The minimum atomic E-state index is 0.0135. The van der Waals surface area contributed by atoms with Crippen LogP contribution in [0.2, 0.25) is 0 Å². The van der Waals surface area contributed by atoms with Gasteiger partial charge < -0.3 is 20.5 Å². The van der Waals surface area contributed by atoms with Crippen LogP contribution in [-0.4, -0.2) is 25.4 Å². The number of hydrogen-bond acceptors (Lipinski definition) is 4. The molecule has 17 heavy (non-hydrogen) atoms. The molecule has 1 aromatic rings. The number of nitrogens with two attached hydrogens (primary N) is 1. The molecular formula is C13H20N2O2. The SMILES string of the molecule is CCOc1cc(NC2(C)CCOC2)ccc1N. The molecule has 0 saturated carbocycles. The van der Waals surface area contributed by atoms with E-state index in [1.807, 2.05) is 25.1 Å². The van der Waals surface area contributed by atoms with E-state index in [0.717, 1.165) is 31.1 Å². The van der Waals surface area contributed by atoms with Crippen LogP contribution in [0.5, 0.6) is 5.75 Å². The van der Waals surface area contributed by atoms with Crippen LogP contribution in [0, 0.1) is 0 Å². The molecule has 0 aromatic heterocycles. The largest absolute Gasteiger partial charge is 0.492 e. The Hall–Kier alpha value is -1.42. The second-order valence-corrected chi connectivity index (χ2v) is 4.67. The predicted molar refractivity (Wildman–Crippen MR) is 69.5 cm³/mol. The van der Waals surface area contributed by atoms with Gasteiger partial charge in [-0.15, -0.1) is 0 Å². The molecule has 0 spiro atoms. The lowest BCUT2D eigenvalue weighted by Gasteiger charge is -2.25. The van der Waals surface area contributed by atoms with Gasteiger partial charge in [0.1, 0.15) is 5.75 Å². The van der Waals surface area contributed by atoms with E-state index in [-0.39, 0.29) is 5.54 Å². The van der Waals surface area contributed by atoms with Crippen LogP contribution in [-0.2, 0) is 4.74 Å². The number of benzene rings is 1. The van der Waals surface area contributed by atoms with Gasteiger partial charge >= 0.3 is 0 Å². The molecule has 4 heteroatoms. The van der Waals surface area contributed by atoms with E-state index in [2.05, 4.69) is 12.2 Å². The summed E-state index contributed by atoms with van der Waals surface area (Å²) in [6, 6.07) is 5.79. The van der Waals surface area contributed by atoms with Gasteiger partial charge in [0.25, 0.3) is 0 Å². The predicted octanol–water partition coefficient (Wildman–Crippen LogP) is 2.26. The second-order valence-electron chi connectivity index (χ2n) is 4.67. The summed E-state index contributed by atoms with van der Waals surface area (Å²) in [6.45, 7) is 6.29. The molecule has 2 rings (SSSR count). The Morgan fingerprint density at radius 2 is 2.35 bits per heavy atom. The van der Waals surface area contributed by atoms with E-state index in [1.165, 1.54) is 0 Å². The molecule has 1 aliphatic heterocycles. The Morgan fingerprint density at radius 3 is 3.00 bits per heavy atom. The van der Waals surface area contributed by atoms with Gasteiger partial charge in [0, 0.05) is 18.4 Å². The third kappa shape index (κ3) is 2.82. The van der Waals surface area contributed by atoms with Crippen molar-refractivity contribution < 1.29 is 9.47 Å². The third-order valence-electron chi connectivity index (χ3n) is 2.98. The van der Waals surface area contributed by atoms with Gasteiger partial charge in [0.2, 0.25) is 0 Å².